The van der Waals surface area contributed by atoms with E-state index in [0.29, 0.717) is 0 Å². The van der Waals surface area contributed by atoms with E-state index in [1.165, 1.54) is 0 Å². The van der Waals surface area contributed by atoms with Gasteiger partial charge in [0.05, 0.1) is 10.4 Å². The van der Waals surface area contributed by atoms with Gasteiger partial charge in [0.2, 0.25) is 0 Å². The van der Waals surface area contributed by atoms with Crippen molar-refractivity contribution in [3.8, 4) is 10.4 Å². The van der Waals surface area contributed by atoms with Crippen molar-refractivity contribution in [2.24, 2.45) is 0 Å². The Bertz CT molecular complexity index is 739. The van der Waals surface area contributed by atoms with Crippen LogP contribution in [0.4, 0.5) is 5.13 Å². The minimum absolute atomic E-state index is 0.951. The van der Waals surface area contributed by atoms with E-state index in [-0.39, 0.29) is 0 Å². The monoisotopic (exact) mass is 347 g/mol. The van der Waals surface area contributed by atoms with Crippen LogP contribution < -0.4 is 5.32 Å². The van der Waals surface area contributed by atoms with Crippen LogP contribution in [0, 0.1) is 0 Å². The summed E-state index contributed by atoms with van der Waals surface area (Å²) >= 11 is 5.25. The van der Waals surface area contributed by atoms with Gasteiger partial charge in [-0.25, -0.2) is 4.98 Å². The maximum Gasteiger partial charge on any atom is 0.183 e. The molecule has 0 aliphatic carbocycles. The third kappa shape index (κ3) is 2.55. The molecule has 1 N–H and O–H groups in total. The number of fused-ring (bicyclic) bond motifs is 1. The summed E-state index contributed by atoms with van der Waals surface area (Å²) in [4.78, 5) is 10.1. The van der Waals surface area contributed by atoms with Crippen LogP contribution in [-0.4, -0.2) is 16.5 Å². The van der Waals surface area contributed by atoms with Gasteiger partial charge in [0.15, 0.2) is 5.13 Å². The molecule has 3 aromatic rings. The highest BCUT2D eigenvalue weighted by atomic mass is 79.9. The van der Waals surface area contributed by atoms with E-state index in [9.17, 15) is 0 Å². The molecular weight excluding hydrogens is 334 g/mol. The van der Waals surface area contributed by atoms with Crippen LogP contribution in [0.2, 0.25) is 0 Å². The van der Waals surface area contributed by atoms with Crippen molar-refractivity contribution in [3.63, 3.8) is 0 Å². The fraction of sp³-hybridized carbons (Fsp3) is 0.200. The summed E-state index contributed by atoms with van der Waals surface area (Å²) in [6.45, 7) is 3.10. The molecule has 2 heterocycles. The molecule has 0 radical (unpaired) electrons. The number of nitrogens with one attached hydrogen (secondary N) is 1. The van der Waals surface area contributed by atoms with E-state index in [1.807, 2.05) is 18.5 Å². The van der Waals surface area contributed by atoms with Gasteiger partial charge in [0.25, 0.3) is 0 Å². The molecule has 0 atom stereocenters. The first-order valence-corrected chi connectivity index (χ1v) is 8.14. The molecule has 20 heavy (non-hydrogen) atoms. The van der Waals surface area contributed by atoms with Crippen LogP contribution in [0.3, 0.4) is 0 Å². The van der Waals surface area contributed by atoms with E-state index in [0.717, 1.165) is 43.9 Å². The van der Waals surface area contributed by atoms with Crippen LogP contribution in [0.5, 0.6) is 0 Å². The van der Waals surface area contributed by atoms with E-state index < -0.39 is 0 Å². The predicted octanol–water partition coefficient (Wildman–Crippen LogP) is 4.94. The molecule has 0 amide bonds. The summed E-state index contributed by atoms with van der Waals surface area (Å²) < 4.78 is 1.07. The summed E-state index contributed by atoms with van der Waals surface area (Å²) in [5.74, 6) is 0. The predicted molar refractivity (Wildman–Crippen MR) is 89.3 cm³/mol. The first kappa shape index (κ1) is 13.5. The Morgan fingerprint density at radius 2 is 2.15 bits per heavy atom. The lowest BCUT2D eigenvalue weighted by Gasteiger charge is -2.05. The fourth-order valence-corrected chi connectivity index (χ4v) is 3.37. The Labute approximate surface area is 130 Å². The minimum Gasteiger partial charge on any atom is -0.362 e. The maximum atomic E-state index is 4.52. The quantitative estimate of drug-likeness (QED) is 0.725. The molecule has 0 saturated carbocycles. The molecule has 0 spiro atoms. The number of benzene rings is 1. The molecular formula is C15H14BrN3S. The number of aromatic nitrogens is 2. The molecule has 2 aromatic heterocycles. The van der Waals surface area contributed by atoms with Gasteiger partial charge >= 0.3 is 0 Å². The smallest absolute Gasteiger partial charge is 0.183 e. The average molecular weight is 348 g/mol. The highest BCUT2D eigenvalue weighted by Gasteiger charge is 2.10. The Morgan fingerprint density at radius 1 is 1.25 bits per heavy atom. The fourth-order valence-electron chi connectivity index (χ4n) is 2.05. The summed E-state index contributed by atoms with van der Waals surface area (Å²) in [6.07, 6.45) is 4.84. The summed E-state index contributed by atoms with van der Waals surface area (Å²) in [7, 11) is 0. The number of pyridine rings is 1. The van der Waals surface area contributed by atoms with E-state index >= 15 is 0 Å². The first-order chi connectivity index (χ1) is 9.79. The van der Waals surface area contributed by atoms with Crippen LogP contribution in [0.15, 0.2) is 41.1 Å². The lowest BCUT2D eigenvalue weighted by Crippen LogP contribution is -1.97. The van der Waals surface area contributed by atoms with Gasteiger partial charge in [-0.05, 0) is 18.6 Å². The number of hydrogen-bond donors (Lipinski definition) is 1. The maximum absolute atomic E-state index is 4.52. The van der Waals surface area contributed by atoms with Crippen LogP contribution in [-0.2, 0) is 0 Å². The van der Waals surface area contributed by atoms with E-state index in [4.69, 9.17) is 0 Å². The highest BCUT2D eigenvalue weighted by molar-refractivity contribution is 9.10. The summed E-state index contributed by atoms with van der Waals surface area (Å²) in [6, 6.07) is 8.19. The topological polar surface area (TPSA) is 37.8 Å². The average Bonchev–Trinajstić information content (AvgIpc) is 2.94. The number of thiazole rings is 1. The van der Waals surface area contributed by atoms with Crippen molar-refractivity contribution in [2.75, 3.05) is 11.9 Å². The molecule has 0 unspecified atom stereocenters. The second-order valence-corrected chi connectivity index (χ2v) is 6.34. The number of rotatable bonds is 4. The van der Waals surface area contributed by atoms with Crippen molar-refractivity contribution in [1.82, 2.24) is 9.97 Å². The van der Waals surface area contributed by atoms with Crippen molar-refractivity contribution < 1.29 is 0 Å². The molecule has 0 saturated heterocycles. The second kappa shape index (κ2) is 5.89. The molecule has 0 bridgehead atoms. The highest BCUT2D eigenvalue weighted by Crippen LogP contribution is 2.35. The normalized spacial score (nSPS) is 10.9. The lowest BCUT2D eigenvalue weighted by atomic mass is 10.1. The molecule has 0 fully saturated rings. The number of halogens is 1. The van der Waals surface area contributed by atoms with Crippen LogP contribution >= 0.6 is 27.3 Å². The van der Waals surface area contributed by atoms with Crippen LogP contribution in [0.25, 0.3) is 21.3 Å². The van der Waals surface area contributed by atoms with Gasteiger partial charge in [0.1, 0.15) is 0 Å². The van der Waals surface area contributed by atoms with Gasteiger partial charge in [-0.3, -0.25) is 4.98 Å². The zero-order valence-corrected chi connectivity index (χ0v) is 13.5. The Morgan fingerprint density at radius 3 is 3.00 bits per heavy atom. The minimum atomic E-state index is 0.951. The van der Waals surface area contributed by atoms with Crippen molar-refractivity contribution in [1.29, 1.82) is 0 Å². The third-order valence-electron chi connectivity index (χ3n) is 3.01. The molecule has 0 aliphatic rings. The lowest BCUT2D eigenvalue weighted by molar-refractivity contribution is 0.976. The van der Waals surface area contributed by atoms with Gasteiger partial charge in [-0.1, -0.05) is 46.3 Å². The molecule has 1 aromatic carbocycles. The largest absolute Gasteiger partial charge is 0.362 e. The zero-order valence-electron chi connectivity index (χ0n) is 11.1. The molecule has 102 valence electrons. The van der Waals surface area contributed by atoms with Gasteiger partial charge in [-0.2, -0.15) is 0 Å². The summed E-state index contributed by atoms with van der Waals surface area (Å²) in [5, 5.41) is 5.41. The second-order valence-electron chi connectivity index (χ2n) is 4.45. The number of anilines is 1. The first-order valence-electron chi connectivity index (χ1n) is 6.53. The van der Waals surface area contributed by atoms with Crippen molar-refractivity contribution >= 4 is 43.3 Å². The third-order valence-corrected chi connectivity index (χ3v) is 4.69. The van der Waals surface area contributed by atoms with Crippen molar-refractivity contribution in [2.45, 2.75) is 13.3 Å². The van der Waals surface area contributed by atoms with Gasteiger partial charge < -0.3 is 5.32 Å². The Kier molecular flexibility index (Phi) is 3.98. The van der Waals surface area contributed by atoms with Gasteiger partial charge in [0, 0.05) is 34.4 Å². The van der Waals surface area contributed by atoms with E-state index in [1.54, 1.807) is 11.3 Å². The Balaban J connectivity index is 2.06. The standard InChI is InChI=1S/C15H14BrN3S/c1-2-7-18-15-19-9-13(20-15)11-5-6-12(16)10-4-3-8-17-14(10)11/h3-6,8-9H,2,7H2,1H3,(H,18,19). The summed E-state index contributed by atoms with van der Waals surface area (Å²) in [5.41, 5.74) is 2.14. The van der Waals surface area contributed by atoms with Crippen LogP contribution in [0.1, 0.15) is 13.3 Å². The number of nitrogens with zero attached hydrogens (tertiary/aromatic N) is 2. The molecule has 0 aliphatic heterocycles. The SMILES string of the molecule is CCCNc1ncc(-c2ccc(Br)c3cccnc23)s1. The number of hydrogen-bond acceptors (Lipinski definition) is 4. The van der Waals surface area contributed by atoms with Gasteiger partial charge in [-0.15, -0.1) is 0 Å². The van der Waals surface area contributed by atoms with Crippen molar-refractivity contribution in [3.05, 3.63) is 41.1 Å². The zero-order chi connectivity index (χ0) is 13.9. The molecule has 3 nitrogen and oxygen atoms in total. The van der Waals surface area contributed by atoms with E-state index in [2.05, 4.69) is 56.3 Å². The Hall–Kier alpha value is -1.46. The molecule has 5 heteroatoms. The molecule has 3 rings (SSSR count).